The molecule has 134 valence electrons. The molecule has 1 aliphatic heterocycles. The van der Waals surface area contributed by atoms with E-state index in [0.29, 0.717) is 18.5 Å². The van der Waals surface area contributed by atoms with Crippen molar-refractivity contribution in [3.05, 3.63) is 35.4 Å². The number of aryl methyl sites for hydroxylation is 1. The predicted octanol–water partition coefficient (Wildman–Crippen LogP) is 2.62. The average molecular weight is 342 g/mol. The highest BCUT2D eigenvalue weighted by molar-refractivity contribution is 6.38. The molecule has 1 atom stereocenters. The van der Waals surface area contributed by atoms with Gasteiger partial charge in [0.25, 0.3) is 11.8 Å². The highest BCUT2D eigenvalue weighted by Crippen LogP contribution is 2.22. The Morgan fingerprint density at radius 2 is 1.64 bits per heavy atom. The van der Waals surface area contributed by atoms with Crippen molar-refractivity contribution in [2.45, 2.75) is 64.0 Å². The topological polar surface area (TPSA) is 66.5 Å². The smallest absolute Gasteiger partial charge is 0.289 e. The van der Waals surface area contributed by atoms with Gasteiger partial charge in [0.15, 0.2) is 0 Å². The van der Waals surface area contributed by atoms with Crippen LogP contribution in [0.3, 0.4) is 0 Å². The van der Waals surface area contributed by atoms with Gasteiger partial charge in [-0.05, 0) is 44.7 Å². The molecule has 2 aliphatic rings. The van der Waals surface area contributed by atoms with Crippen LogP contribution in [0, 0.1) is 6.92 Å². The van der Waals surface area contributed by atoms with Crippen molar-refractivity contribution < 1.29 is 14.4 Å². The number of ketones is 1. The molecule has 1 aromatic rings. The van der Waals surface area contributed by atoms with Crippen molar-refractivity contribution in [3.63, 3.8) is 0 Å². The van der Waals surface area contributed by atoms with Gasteiger partial charge in [0.2, 0.25) is 5.78 Å². The van der Waals surface area contributed by atoms with E-state index < -0.39 is 17.7 Å². The Balaban J connectivity index is 1.65. The number of hydrogen-bond acceptors (Lipinski definition) is 3. The molecule has 0 radical (unpaired) electrons. The van der Waals surface area contributed by atoms with E-state index in [-0.39, 0.29) is 11.9 Å². The average Bonchev–Trinajstić information content (AvgIpc) is 3.11. The van der Waals surface area contributed by atoms with Crippen molar-refractivity contribution in [1.29, 1.82) is 0 Å². The molecule has 2 fully saturated rings. The highest BCUT2D eigenvalue weighted by Gasteiger charge is 2.38. The minimum absolute atomic E-state index is 0.104. The first kappa shape index (κ1) is 17.6. The molecule has 1 aromatic carbocycles. The predicted molar refractivity (Wildman–Crippen MR) is 95.3 cm³/mol. The third kappa shape index (κ3) is 4.09. The number of hydrogen-bond donors (Lipinski definition) is 1. The van der Waals surface area contributed by atoms with Gasteiger partial charge in [-0.15, -0.1) is 0 Å². The third-order valence-electron chi connectivity index (χ3n) is 5.28. The maximum absolute atomic E-state index is 12.7. The summed E-state index contributed by atoms with van der Waals surface area (Å²) in [6.07, 6.45) is 6.59. The number of likely N-dealkylation sites (tertiary alicyclic amines) is 1. The molecule has 0 aromatic heterocycles. The number of carbonyl (C=O) groups is 3. The minimum atomic E-state index is -0.627. The molecule has 1 N–H and O–H groups in total. The zero-order valence-electron chi connectivity index (χ0n) is 14.8. The van der Waals surface area contributed by atoms with Crippen molar-refractivity contribution in [2.75, 3.05) is 6.54 Å². The SMILES string of the molecule is Cc1ccc(C(=O)N2CCCC2C(=O)C(=O)NC2CCCCC2)cc1. The summed E-state index contributed by atoms with van der Waals surface area (Å²) in [6.45, 7) is 2.49. The number of nitrogens with one attached hydrogen (secondary N) is 1. The number of carbonyl (C=O) groups excluding carboxylic acids is 3. The standard InChI is InChI=1S/C20H26N2O3/c1-14-9-11-15(12-10-14)20(25)22-13-5-8-17(22)18(23)19(24)21-16-6-3-2-4-7-16/h9-12,16-17H,2-8,13H2,1H3,(H,21,24). The fourth-order valence-electron chi connectivity index (χ4n) is 3.80. The largest absolute Gasteiger partial charge is 0.347 e. The third-order valence-corrected chi connectivity index (χ3v) is 5.28. The van der Waals surface area contributed by atoms with E-state index in [0.717, 1.165) is 37.7 Å². The van der Waals surface area contributed by atoms with E-state index in [4.69, 9.17) is 0 Å². The maximum atomic E-state index is 12.7. The van der Waals surface area contributed by atoms with E-state index in [9.17, 15) is 14.4 Å². The van der Waals surface area contributed by atoms with Crippen LogP contribution in [0.4, 0.5) is 0 Å². The Bertz CT molecular complexity index is 647. The van der Waals surface area contributed by atoms with Gasteiger partial charge in [0.1, 0.15) is 6.04 Å². The van der Waals surface area contributed by atoms with Gasteiger partial charge in [0, 0.05) is 18.2 Å². The van der Waals surface area contributed by atoms with Crippen LogP contribution in [-0.2, 0) is 9.59 Å². The minimum Gasteiger partial charge on any atom is -0.347 e. The van der Waals surface area contributed by atoms with Crippen LogP contribution < -0.4 is 5.32 Å². The van der Waals surface area contributed by atoms with Crippen LogP contribution >= 0.6 is 0 Å². The molecular weight excluding hydrogens is 316 g/mol. The zero-order valence-corrected chi connectivity index (χ0v) is 14.8. The molecule has 3 rings (SSSR count). The van der Waals surface area contributed by atoms with Crippen molar-refractivity contribution in [3.8, 4) is 0 Å². The Labute approximate surface area is 148 Å². The number of rotatable bonds is 4. The lowest BCUT2D eigenvalue weighted by molar-refractivity contribution is -0.140. The molecule has 0 bridgehead atoms. The Morgan fingerprint density at radius 3 is 2.32 bits per heavy atom. The molecule has 1 saturated heterocycles. The van der Waals surface area contributed by atoms with Crippen LogP contribution in [0.25, 0.3) is 0 Å². The molecule has 5 heteroatoms. The number of amides is 2. The lowest BCUT2D eigenvalue weighted by Gasteiger charge is -2.26. The van der Waals surface area contributed by atoms with Crippen molar-refractivity contribution in [1.82, 2.24) is 10.2 Å². The lowest BCUT2D eigenvalue weighted by Crippen LogP contribution is -2.49. The van der Waals surface area contributed by atoms with Crippen LogP contribution in [0.2, 0.25) is 0 Å². The molecule has 25 heavy (non-hydrogen) atoms. The maximum Gasteiger partial charge on any atom is 0.289 e. The summed E-state index contributed by atoms with van der Waals surface area (Å²) in [7, 11) is 0. The summed E-state index contributed by atoms with van der Waals surface area (Å²) < 4.78 is 0. The Kier molecular flexibility index (Phi) is 5.51. The van der Waals surface area contributed by atoms with Gasteiger partial charge < -0.3 is 10.2 Å². The van der Waals surface area contributed by atoms with Crippen LogP contribution in [0.15, 0.2) is 24.3 Å². The fourth-order valence-corrected chi connectivity index (χ4v) is 3.80. The molecule has 1 heterocycles. The van der Waals surface area contributed by atoms with Gasteiger partial charge in [-0.25, -0.2) is 0 Å². The fraction of sp³-hybridized carbons (Fsp3) is 0.550. The molecule has 1 saturated carbocycles. The number of benzene rings is 1. The van der Waals surface area contributed by atoms with E-state index >= 15 is 0 Å². The lowest BCUT2D eigenvalue weighted by atomic mass is 9.95. The number of Topliss-reactive ketones (excluding diaryl/α,β-unsaturated/α-hetero) is 1. The van der Waals surface area contributed by atoms with Gasteiger partial charge in [-0.3, -0.25) is 14.4 Å². The first-order valence-electron chi connectivity index (χ1n) is 9.28. The number of nitrogens with zero attached hydrogens (tertiary/aromatic N) is 1. The highest BCUT2D eigenvalue weighted by atomic mass is 16.2. The monoisotopic (exact) mass is 342 g/mol. The van der Waals surface area contributed by atoms with Crippen LogP contribution in [0.1, 0.15) is 60.9 Å². The summed E-state index contributed by atoms with van der Waals surface area (Å²) in [6, 6.07) is 6.80. The molecule has 2 amide bonds. The summed E-state index contributed by atoms with van der Waals surface area (Å²) in [4.78, 5) is 39.3. The molecule has 0 spiro atoms. The Hall–Kier alpha value is -2.17. The summed E-state index contributed by atoms with van der Waals surface area (Å²) in [5.74, 6) is -1.16. The van der Waals surface area contributed by atoms with Gasteiger partial charge in [-0.2, -0.15) is 0 Å². The Morgan fingerprint density at radius 1 is 0.960 bits per heavy atom. The second-order valence-electron chi connectivity index (χ2n) is 7.20. The molecule has 1 unspecified atom stereocenters. The van der Waals surface area contributed by atoms with Gasteiger partial charge in [-0.1, -0.05) is 37.0 Å². The first-order valence-corrected chi connectivity index (χ1v) is 9.28. The van der Waals surface area contributed by atoms with Gasteiger partial charge >= 0.3 is 0 Å². The summed E-state index contributed by atoms with van der Waals surface area (Å²) in [5.41, 5.74) is 1.65. The van der Waals surface area contributed by atoms with Gasteiger partial charge in [0.05, 0.1) is 0 Å². The van der Waals surface area contributed by atoms with Crippen molar-refractivity contribution in [2.24, 2.45) is 0 Å². The summed E-state index contributed by atoms with van der Waals surface area (Å²) in [5, 5.41) is 2.88. The second kappa shape index (κ2) is 7.81. The normalized spacial score (nSPS) is 21.2. The quantitative estimate of drug-likeness (QED) is 0.856. The zero-order chi connectivity index (χ0) is 17.8. The second-order valence-corrected chi connectivity index (χ2v) is 7.20. The molecule has 5 nitrogen and oxygen atoms in total. The first-order chi connectivity index (χ1) is 12.1. The molecule has 1 aliphatic carbocycles. The summed E-state index contributed by atoms with van der Waals surface area (Å²) >= 11 is 0. The molecular formula is C20H26N2O3. The van der Waals surface area contributed by atoms with Crippen LogP contribution in [-0.4, -0.2) is 41.1 Å². The van der Waals surface area contributed by atoms with E-state index in [1.807, 2.05) is 19.1 Å². The van der Waals surface area contributed by atoms with E-state index in [2.05, 4.69) is 5.32 Å². The van der Waals surface area contributed by atoms with E-state index in [1.165, 1.54) is 6.42 Å². The van der Waals surface area contributed by atoms with Crippen molar-refractivity contribution >= 4 is 17.6 Å². The van der Waals surface area contributed by atoms with E-state index in [1.54, 1.807) is 17.0 Å². The van der Waals surface area contributed by atoms with Crippen LogP contribution in [0.5, 0.6) is 0 Å².